The van der Waals surface area contributed by atoms with Crippen LogP contribution in [-0.2, 0) is 11.2 Å². The smallest absolute Gasteiger partial charge is 0.233 e. The van der Waals surface area contributed by atoms with Gasteiger partial charge in [0.1, 0.15) is 0 Å². The van der Waals surface area contributed by atoms with Crippen molar-refractivity contribution in [2.45, 2.75) is 46.1 Å². The molecule has 106 valence electrons. The summed E-state index contributed by atoms with van der Waals surface area (Å²) in [5, 5.41) is 7.18. The molecule has 1 heterocycles. The molecular weight excluding hydrogens is 276 g/mol. The maximum Gasteiger partial charge on any atom is 0.233 e. The normalized spacial score (nSPS) is 13.0. The number of amides is 1. The Morgan fingerprint density at radius 3 is 2.58 bits per heavy atom. The number of nitrogens with two attached hydrogens (primary N) is 1. The first kappa shape index (κ1) is 16.1. The van der Waals surface area contributed by atoms with Gasteiger partial charge in [0.05, 0.1) is 10.4 Å². The van der Waals surface area contributed by atoms with Crippen LogP contribution in [0, 0.1) is 5.41 Å². The van der Waals surface area contributed by atoms with E-state index in [9.17, 15) is 4.79 Å². The molecule has 5 heteroatoms. The van der Waals surface area contributed by atoms with E-state index in [4.69, 9.17) is 18.0 Å². The van der Waals surface area contributed by atoms with Crippen LogP contribution < -0.4 is 11.1 Å². The van der Waals surface area contributed by atoms with Gasteiger partial charge in [-0.15, -0.1) is 0 Å². The number of thiophene rings is 1. The molecule has 0 spiro atoms. The van der Waals surface area contributed by atoms with Crippen molar-refractivity contribution in [2.75, 3.05) is 0 Å². The van der Waals surface area contributed by atoms with E-state index in [1.807, 2.05) is 26.2 Å². The third kappa shape index (κ3) is 3.76. The Morgan fingerprint density at radius 2 is 2.16 bits per heavy atom. The van der Waals surface area contributed by atoms with Gasteiger partial charge in [0, 0.05) is 6.04 Å². The molecule has 0 aliphatic heterocycles. The van der Waals surface area contributed by atoms with Gasteiger partial charge in [-0.3, -0.25) is 4.79 Å². The predicted octanol–water partition coefficient (Wildman–Crippen LogP) is 2.89. The topological polar surface area (TPSA) is 55.1 Å². The number of hydrogen-bond donors (Lipinski definition) is 2. The highest BCUT2D eigenvalue weighted by molar-refractivity contribution is 7.80. The Labute approximate surface area is 124 Å². The van der Waals surface area contributed by atoms with E-state index < -0.39 is 5.41 Å². The van der Waals surface area contributed by atoms with E-state index in [2.05, 4.69) is 16.8 Å². The first-order valence-electron chi connectivity index (χ1n) is 6.58. The quantitative estimate of drug-likeness (QED) is 0.761. The van der Waals surface area contributed by atoms with Crippen molar-refractivity contribution < 1.29 is 4.79 Å². The molecule has 19 heavy (non-hydrogen) atoms. The average Bonchev–Trinajstić information content (AvgIpc) is 2.83. The van der Waals surface area contributed by atoms with E-state index >= 15 is 0 Å². The number of hydrogen-bond acceptors (Lipinski definition) is 3. The van der Waals surface area contributed by atoms with Crippen LogP contribution >= 0.6 is 23.6 Å². The van der Waals surface area contributed by atoms with E-state index in [1.165, 1.54) is 5.56 Å². The number of carbonyl (C=O) groups is 1. The maximum atomic E-state index is 12.4. The first-order chi connectivity index (χ1) is 8.96. The number of thiocarbonyl (C=S) groups is 1. The summed E-state index contributed by atoms with van der Waals surface area (Å²) < 4.78 is 0. The van der Waals surface area contributed by atoms with Gasteiger partial charge < -0.3 is 11.1 Å². The highest BCUT2D eigenvalue weighted by Crippen LogP contribution is 2.27. The van der Waals surface area contributed by atoms with Crippen LogP contribution in [0.2, 0.25) is 0 Å². The van der Waals surface area contributed by atoms with Crippen molar-refractivity contribution in [1.82, 2.24) is 5.32 Å². The lowest BCUT2D eigenvalue weighted by Crippen LogP contribution is -2.50. The van der Waals surface area contributed by atoms with Crippen LogP contribution in [0.25, 0.3) is 0 Å². The fraction of sp³-hybridized carbons (Fsp3) is 0.571. The highest BCUT2D eigenvalue weighted by atomic mass is 32.1. The predicted molar refractivity (Wildman–Crippen MR) is 85.4 cm³/mol. The fourth-order valence-electron chi connectivity index (χ4n) is 2.21. The van der Waals surface area contributed by atoms with E-state index in [-0.39, 0.29) is 16.9 Å². The van der Waals surface area contributed by atoms with Gasteiger partial charge in [-0.2, -0.15) is 11.3 Å². The van der Waals surface area contributed by atoms with Crippen molar-refractivity contribution in [1.29, 1.82) is 0 Å². The summed E-state index contributed by atoms with van der Waals surface area (Å²) in [6.45, 7) is 5.91. The second-order valence-electron chi connectivity index (χ2n) is 4.86. The van der Waals surface area contributed by atoms with Crippen molar-refractivity contribution in [3.05, 3.63) is 22.4 Å². The minimum Gasteiger partial charge on any atom is -0.392 e. The van der Waals surface area contributed by atoms with Crippen molar-refractivity contribution in [3.8, 4) is 0 Å². The molecule has 1 rings (SSSR count). The molecule has 0 saturated heterocycles. The van der Waals surface area contributed by atoms with Crippen molar-refractivity contribution in [2.24, 2.45) is 11.1 Å². The van der Waals surface area contributed by atoms with Crippen LogP contribution in [0.1, 0.15) is 39.2 Å². The summed E-state index contributed by atoms with van der Waals surface area (Å²) in [5.74, 6) is -0.0484. The molecule has 0 bridgehead atoms. The molecule has 3 nitrogen and oxygen atoms in total. The second kappa shape index (κ2) is 7.01. The molecule has 0 aliphatic rings. The number of nitrogens with one attached hydrogen (secondary N) is 1. The standard InChI is InChI=1S/C14H22N2OS2/c1-4-14(5-2,12(15)18)13(17)16-10(3)8-11-6-7-19-9-11/h6-7,9-10H,4-5,8H2,1-3H3,(H2,15,18)(H,16,17). The van der Waals surface area contributed by atoms with Gasteiger partial charge in [-0.05, 0) is 48.6 Å². The van der Waals surface area contributed by atoms with E-state index in [1.54, 1.807) is 11.3 Å². The summed E-state index contributed by atoms with van der Waals surface area (Å²) >= 11 is 6.76. The summed E-state index contributed by atoms with van der Waals surface area (Å²) in [7, 11) is 0. The fourth-order valence-corrected chi connectivity index (χ4v) is 3.27. The Bertz CT molecular complexity index is 425. The van der Waals surface area contributed by atoms with Gasteiger partial charge >= 0.3 is 0 Å². The molecule has 3 N–H and O–H groups in total. The maximum absolute atomic E-state index is 12.4. The summed E-state index contributed by atoms with van der Waals surface area (Å²) in [6, 6.07) is 2.15. The minimum absolute atomic E-state index is 0.0484. The van der Waals surface area contributed by atoms with Gasteiger partial charge in [0.15, 0.2) is 0 Å². The van der Waals surface area contributed by atoms with Crippen molar-refractivity contribution in [3.63, 3.8) is 0 Å². The third-order valence-electron chi connectivity index (χ3n) is 3.61. The van der Waals surface area contributed by atoms with Gasteiger partial charge in [-0.1, -0.05) is 26.1 Å². The van der Waals surface area contributed by atoms with Gasteiger partial charge in [0.2, 0.25) is 5.91 Å². The molecule has 1 atom stereocenters. The van der Waals surface area contributed by atoms with Crippen LogP contribution in [-0.4, -0.2) is 16.9 Å². The summed E-state index contributed by atoms with van der Waals surface area (Å²) in [5.41, 5.74) is 6.31. The van der Waals surface area contributed by atoms with Gasteiger partial charge in [0.25, 0.3) is 0 Å². The van der Waals surface area contributed by atoms with E-state index in [0.717, 1.165) is 6.42 Å². The number of carbonyl (C=O) groups excluding carboxylic acids is 1. The SMILES string of the molecule is CCC(CC)(C(=O)NC(C)Cc1ccsc1)C(N)=S. The molecule has 1 aromatic heterocycles. The molecule has 0 saturated carbocycles. The van der Waals surface area contributed by atoms with Gasteiger partial charge in [-0.25, -0.2) is 0 Å². The Hall–Kier alpha value is -0.940. The minimum atomic E-state index is -0.710. The van der Waals surface area contributed by atoms with E-state index in [0.29, 0.717) is 12.8 Å². The Morgan fingerprint density at radius 1 is 1.53 bits per heavy atom. The van der Waals surface area contributed by atoms with Crippen LogP contribution in [0.15, 0.2) is 16.8 Å². The molecule has 1 unspecified atom stereocenters. The average molecular weight is 298 g/mol. The Balaban J connectivity index is 2.69. The van der Waals surface area contributed by atoms with Crippen molar-refractivity contribution >= 4 is 34.5 Å². The summed E-state index contributed by atoms with van der Waals surface area (Å²) in [6.07, 6.45) is 2.10. The zero-order valence-corrected chi connectivity index (χ0v) is 13.4. The third-order valence-corrected chi connectivity index (χ3v) is 4.74. The molecular formula is C14H22N2OS2. The summed E-state index contributed by atoms with van der Waals surface area (Å²) in [4.78, 5) is 12.7. The zero-order chi connectivity index (χ0) is 14.5. The van der Waals surface area contributed by atoms with Crippen LogP contribution in [0.3, 0.4) is 0 Å². The molecule has 0 fully saturated rings. The highest BCUT2D eigenvalue weighted by Gasteiger charge is 2.38. The molecule has 0 radical (unpaired) electrons. The second-order valence-corrected chi connectivity index (χ2v) is 6.08. The zero-order valence-electron chi connectivity index (χ0n) is 11.7. The van der Waals surface area contributed by atoms with Crippen LogP contribution in [0.4, 0.5) is 0 Å². The Kier molecular flexibility index (Phi) is 5.94. The molecule has 1 amide bonds. The monoisotopic (exact) mass is 298 g/mol. The largest absolute Gasteiger partial charge is 0.392 e. The molecule has 1 aromatic rings. The first-order valence-corrected chi connectivity index (χ1v) is 7.93. The number of rotatable bonds is 7. The lowest BCUT2D eigenvalue weighted by atomic mass is 9.81. The molecule has 0 aliphatic carbocycles. The lowest BCUT2D eigenvalue weighted by Gasteiger charge is -2.30. The van der Waals surface area contributed by atoms with Crippen LogP contribution in [0.5, 0.6) is 0 Å². The molecule has 0 aromatic carbocycles. The lowest BCUT2D eigenvalue weighted by molar-refractivity contribution is -0.128.